The standard InChI is InChI=1S/C8H18BrNO5S2/c1-16(11,12)7-8-17(13,14)10-4-2-5-15-6-3-9/h10H,2-8H2,1H3. The molecule has 0 spiro atoms. The van der Waals surface area contributed by atoms with Crippen LogP contribution in [-0.4, -0.2) is 59.7 Å². The van der Waals surface area contributed by atoms with Crippen LogP contribution in [0, 0.1) is 0 Å². The molecule has 0 bridgehead atoms. The van der Waals surface area contributed by atoms with Crippen molar-refractivity contribution in [3.63, 3.8) is 0 Å². The monoisotopic (exact) mass is 351 g/mol. The summed E-state index contributed by atoms with van der Waals surface area (Å²) in [5.41, 5.74) is 0. The molecule has 0 aromatic carbocycles. The van der Waals surface area contributed by atoms with Crippen LogP contribution in [0.15, 0.2) is 0 Å². The molecule has 0 atom stereocenters. The van der Waals surface area contributed by atoms with Crippen LogP contribution < -0.4 is 4.72 Å². The van der Waals surface area contributed by atoms with Crippen molar-refractivity contribution in [1.82, 2.24) is 4.72 Å². The minimum atomic E-state index is -3.50. The van der Waals surface area contributed by atoms with Crippen LogP contribution in [0.25, 0.3) is 0 Å². The van der Waals surface area contributed by atoms with E-state index in [-0.39, 0.29) is 12.3 Å². The van der Waals surface area contributed by atoms with Gasteiger partial charge in [-0.05, 0) is 6.42 Å². The lowest BCUT2D eigenvalue weighted by Crippen LogP contribution is -2.30. The average Bonchev–Trinajstić information content (AvgIpc) is 2.20. The first kappa shape index (κ1) is 17.3. The van der Waals surface area contributed by atoms with Gasteiger partial charge in [0.15, 0.2) is 0 Å². The first-order valence-electron chi connectivity index (χ1n) is 5.05. The number of sulfonamides is 1. The minimum absolute atomic E-state index is 0.258. The van der Waals surface area contributed by atoms with Gasteiger partial charge in [0.1, 0.15) is 9.84 Å². The molecule has 0 saturated carbocycles. The molecular formula is C8H18BrNO5S2. The summed E-state index contributed by atoms with van der Waals surface area (Å²) in [5.74, 6) is -0.753. The minimum Gasteiger partial charge on any atom is -0.381 e. The van der Waals surface area contributed by atoms with Gasteiger partial charge < -0.3 is 4.74 Å². The van der Waals surface area contributed by atoms with E-state index in [2.05, 4.69) is 20.7 Å². The molecule has 6 nitrogen and oxygen atoms in total. The molecule has 9 heteroatoms. The zero-order valence-electron chi connectivity index (χ0n) is 9.69. The quantitative estimate of drug-likeness (QED) is 0.433. The van der Waals surface area contributed by atoms with Crippen molar-refractivity contribution in [3.8, 4) is 0 Å². The van der Waals surface area contributed by atoms with Crippen LogP contribution >= 0.6 is 15.9 Å². The Kier molecular flexibility index (Phi) is 8.56. The number of hydrogen-bond donors (Lipinski definition) is 1. The van der Waals surface area contributed by atoms with E-state index in [0.717, 1.165) is 11.6 Å². The Bertz CT molecular complexity index is 392. The molecule has 0 saturated heterocycles. The number of hydrogen-bond acceptors (Lipinski definition) is 5. The highest BCUT2D eigenvalue weighted by Crippen LogP contribution is 1.91. The third kappa shape index (κ3) is 12.5. The van der Waals surface area contributed by atoms with Gasteiger partial charge in [-0.3, -0.25) is 0 Å². The SMILES string of the molecule is CS(=O)(=O)CCS(=O)(=O)NCCCOCCBr. The first-order valence-corrected chi connectivity index (χ1v) is 9.89. The van der Waals surface area contributed by atoms with Gasteiger partial charge in [0.25, 0.3) is 0 Å². The van der Waals surface area contributed by atoms with Gasteiger partial charge in [-0.25, -0.2) is 21.6 Å². The Morgan fingerprint density at radius 2 is 1.76 bits per heavy atom. The number of rotatable bonds is 10. The molecule has 0 aliphatic carbocycles. The van der Waals surface area contributed by atoms with E-state index >= 15 is 0 Å². The summed E-state index contributed by atoms with van der Waals surface area (Å²) >= 11 is 3.20. The second-order valence-corrected chi connectivity index (χ2v) is 8.48. The fourth-order valence-electron chi connectivity index (χ4n) is 0.892. The summed E-state index contributed by atoms with van der Waals surface area (Å²) in [4.78, 5) is 0. The van der Waals surface area contributed by atoms with E-state index in [0.29, 0.717) is 19.6 Å². The Labute approximate surface area is 111 Å². The Balaban J connectivity index is 3.72. The summed E-state index contributed by atoms with van der Waals surface area (Å²) in [5, 5.41) is 0.743. The molecule has 0 heterocycles. The average molecular weight is 352 g/mol. The van der Waals surface area contributed by atoms with Crippen LogP contribution in [0.5, 0.6) is 0 Å². The molecule has 17 heavy (non-hydrogen) atoms. The maximum absolute atomic E-state index is 11.3. The fraction of sp³-hybridized carbons (Fsp3) is 1.00. The molecule has 0 amide bonds. The van der Waals surface area contributed by atoms with Crippen molar-refractivity contribution in [2.45, 2.75) is 6.42 Å². The number of sulfone groups is 1. The summed E-state index contributed by atoms with van der Waals surface area (Å²) in [7, 11) is -6.75. The van der Waals surface area contributed by atoms with E-state index < -0.39 is 25.6 Å². The third-order valence-corrected chi connectivity index (χ3v) is 4.65. The van der Waals surface area contributed by atoms with E-state index in [1.54, 1.807) is 0 Å². The summed E-state index contributed by atoms with van der Waals surface area (Å²) in [6, 6.07) is 0. The lowest BCUT2D eigenvalue weighted by molar-refractivity contribution is 0.149. The topological polar surface area (TPSA) is 89.5 Å². The van der Waals surface area contributed by atoms with Crippen molar-refractivity contribution in [1.29, 1.82) is 0 Å². The van der Waals surface area contributed by atoms with Crippen molar-refractivity contribution in [3.05, 3.63) is 0 Å². The maximum atomic E-state index is 11.3. The predicted molar refractivity (Wildman–Crippen MR) is 70.7 cm³/mol. The van der Waals surface area contributed by atoms with Gasteiger partial charge in [-0.1, -0.05) is 15.9 Å². The predicted octanol–water partition coefficient (Wildman–Crippen LogP) is -0.248. The van der Waals surface area contributed by atoms with E-state index in [1.807, 2.05) is 0 Å². The largest absolute Gasteiger partial charge is 0.381 e. The van der Waals surface area contributed by atoms with E-state index in [4.69, 9.17) is 4.74 Å². The van der Waals surface area contributed by atoms with Gasteiger partial charge in [0, 0.05) is 24.7 Å². The van der Waals surface area contributed by atoms with Gasteiger partial charge in [-0.15, -0.1) is 0 Å². The summed E-state index contributed by atoms with van der Waals surface area (Å²) in [6.45, 7) is 1.31. The number of halogens is 1. The molecule has 0 rings (SSSR count). The molecule has 0 aliphatic rings. The Morgan fingerprint density at radius 1 is 1.12 bits per heavy atom. The maximum Gasteiger partial charge on any atom is 0.212 e. The van der Waals surface area contributed by atoms with Crippen LogP contribution in [0.3, 0.4) is 0 Å². The van der Waals surface area contributed by atoms with Crippen molar-refractivity contribution < 1.29 is 21.6 Å². The molecular weight excluding hydrogens is 334 g/mol. The van der Waals surface area contributed by atoms with E-state index in [9.17, 15) is 16.8 Å². The fourth-order valence-corrected chi connectivity index (χ4v) is 3.81. The molecule has 0 aromatic rings. The molecule has 0 aromatic heterocycles. The molecule has 104 valence electrons. The number of alkyl halides is 1. The lowest BCUT2D eigenvalue weighted by atomic mass is 10.5. The number of ether oxygens (including phenoxy) is 1. The van der Waals surface area contributed by atoms with Crippen molar-refractivity contribution in [2.75, 3.05) is 42.9 Å². The number of nitrogens with one attached hydrogen (secondary N) is 1. The molecule has 0 unspecified atom stereocenters. The third-order valence-electron chi connectivity index (χ3n) is 1.73. The van der Waals surface area contributed by atoms with Crippen LogP contribution in [0.2, 0.25) is 0 Å². The zero-order chi connectivity index (χ0) is 13.4. The molecule has 1 N–H and O–H groups in total. The normalized spacial score (nSPS) is 12.8. The van der Waals surface area contributed by atoms with Crippen molar-refractivity contribution in [2.24, 2.45) is 0 Å². The summed E-state index contributed by atoms with van der Waals surface area (Å²) in [6.07, 6.45) is 1.57. The zero-order valence-corrected chi connectivity index (χ0v) is 12.9. The molecule has 0 radical (unpaired) electrons. The van der Waals surface area contributed by atoms with Gasteiger partial charge in [-0.2, -0.15) is 0 Å². The highest BCUT2D eigenvalue weighted by molar-refractivity contribution is 9.09. The summed E-state index contributed by atoms with van der Waals surface area (Å²) < 4.78 is 51.8. The van der Waals surface area contributed by atoms with Crippen molar-refractivity contribution >= 4 is 35.8 Å². The van der Waals surface area contributed by atoms with Gasteiger partial charge in [0.05, 0.1) is 18.1 Å². The Hall–Kier alpha value is 0.300. The smallest absolute Gasteiger partial charge is 0.212 e. The van der Waals surface area contributed by atoms with Crippen LogP contribution in [0.4, 0.5) is 0 Å². The highest BCUT2D eigenvalue weighted by Gasteiger charge is 2.13. The molecule has 0 aliphatic heterocycles. The second-order valence-electron chi connectivity index (χ2n) is 3.50. The van der Waals surface area contributed by atoms with Gasteiger partial charge >= 0.3 is 0 Å². The van der Waals surface area contributed by atoms with Gasteiger partial charge in [0.2, 0.25) is 10.0 Å². The lowest BCUT2D eigenvalue weighted by Gasteiger charge is -2.06. The van der Waals surface area contributed by atoms with Crippen LogP contribution in [0.1, 0.15) is 6.42 Å². The highest BCUT2D eigenvalue weighted by atomic mass is 79.9. The Morgan fingerprint density at radius 3 is 2.29 bits per heavy atom. The first-order chi connectivity index (χ1) is 7.77. The van der Waals surface area contributed by atoms with E-state index in [1.165, 1.54) is 0 Å². The molecule has 0 fully saturated rings. The van der Waals surface area contributed by atoms with Crippen LogP contribution in [-0.2, 0) is 24.6 Å². The second kappa shape index (κ2) is 8.41.